The zero-order valence-electron chi connectivity index (χ0n) is 21.0. The Hall–Kier alpha value is -2.62. The number of hydrogen-bond donors (Lipinski definition) is 0. The molecule has 0 amide bonds. The van der Waals surface area contributed by atoms with Crippen LogP contribution in [0.4, 0.5) is 0 Å². The molecule has 0 unspecified atom stereocenters. The molecule has 1 aliphatic carbocycles. The Morgan fingerprint density at radius 3 is 2.18 bits per heavy atom. The summed E-state index contributed by atoms with van der Waals surface area (Å²) in [7, 11) is 0. The third kappa shape index (κ3) is 5.31. The lowest BCUT2D eigenvalue weighted by Crippen LogP contribution is -2.31. The normalized spacial score (nSPS) is 19.6. The van der Waals surface area contributed by atoms with E-state index in [2.05, 4.69) is 65.8 Å². The lowest BCUT2D eigenvalue weighted by Gasteiger charge is -2.36. The highest BCUT2D eigenvalue weighted by molar-refractivity contribution is 5.83. The molecule has 0 saturated heterocycles. The van der Waals surface area contributed by atoms with E-state index in [9.17, 15) is 4.79 Å². The number of rotatable bonds is 4. The van der Waals surface area contributed by atoms with E-state index in [1.807, 2.05) is 28.8 Å². The van der Waals surface area contributed by atoms with Gasteiger partial charge in [0.05, 0.1) is 11.0 Å². The lowest BCUT2D eigenvalue weighted by atomic mass is 9.72. The molecule has 1 aliphatic rings. The summed E-state index contributed by atoms with van der Waals surface area (Å²) in [5.41, 5.74) is 4.56. The molecular weight excluding hydrogens is 408 g/mol. The Morgan fingerprint density at radius 2 is 1.58 bits per heavy atom. The second-order valence-electron chi connectivity index (χ2n) is 11.7. The van der Waals surface area contributed by atoms with Gasteiger partial charge in [-0.2, -0.15) is 0 Å². The van der Waals surface area contributed by atoms with E-state index in [1.165, 1.54) is 5.56 Å². The summed E-state index contributed by atoms with van der Waals surface area (Å²) >= 11 is 0. The number of fused-ring (bicyclic) bond motifs is 1. The van der Waals surface area contributed by atoms with Gasteiger partial charge >= 0.3 is 5.97 Å². The molecule has 4 rings (SSSR count). The van der Waals surface area contributed by atoms with E-state index in [-0.39, 0.29) is 24.0 Å². The molecule has 3 aromatic rings. The SMILES string of the molecule is CC(C)(C)c1ccc(-c2nc3ccccc3n2CC(=O)OC2CCC(C(C)(C)C)CC2)cc1. The fraction of sp³-hybridized carbons (Fsp3) is 0.517. The van der Waals surface area contributed by atoms with Crippen molar-refractivity contribution in [2.45, 2.75) is 85.3 Å². The highest BCUT2D eigenvalue weighted by Gasteiger charge is 2.31. The number of hydrogen-bond acceptors (Lipinski definition) is 3. The molecule has 4 heteroatoms. The van der Waals surface area contributed by atoms with Crippen molar-refractivity contribution < 1.29 is 9.53 Å². The molecular formula is C29H38N2O2. The van der Waals surface area contributed by atoms with E-state index in [4.69, 9.17) is 9.72 Å². The van der Waals surface area contributed by atoms with Gasteiger partial charge in [-0.1, -0.05) is 77.9 Å². The third-order valence-electron chi connectivity index (χ3n) is 7.15. The number of imidazole rings is 1. The lowest BCUT2D eigenvalue weighted by molar-refractivity contribution is -0.152. The third-order valence-corrected chi connectivity index (χ3v) is 7.15. The van der Waals surface area contributed by atoms with Crippen molar-refractivity contribution in [3.05, 3.63) is 54.1 Å². The second kappa shape index (κ2) is 8.96. The molecule has 0 atom stereocenters. The Labute approximate surface area is 198 Å². The van der Waals surface area contributed by atoms with Crippen molar-refractivity contribution in [2.75, 3.05) is 0 Å². The minimum absolute atomic E-state index is 0.0282. The number of carbonyl (C=O) groups is 1. The van der Waals surface area contributed by atoms with Gasteiger partial charge in [0.2, 0.25) is 0 Å². The molecule has 0 bridgehead atoms. The van der Waals surface area contributed by atoms with Crippen molar-refractivity contribution >= 4 is 17.0 Å². The Morgan fingerprint density at radius 1 is 0.939 bits per heavy atom. The smallest absolute Gasteiger partial charge is 0.326 e. The molecule has 0 N–H and O–H groups in total. The van der Waals surface area contributed by atoms with Crippen LogP contribution in [0.3, 0.4) is 0 Å². The van der Waals surface area contributed by atoms with E-state index in [0.717, 1.165) is 48.1 Å². The summed E-state index contributed by atoms with van der Waals surface area (Å²) in [4.78, 5) is 17.9. The van der Waals surface area contributed by atoms with Crippen LogP contribution in [0, 0.1) is 11.3 Å². The summed E-state index contributed by atoms with van der Waals surface area (Å²) in [6, 6.07) is 16.5. The Kier molecular flexibility index (Phi) is 6.39. The number of ether oxygens (including phenoxy) is 1. The van der Waals surface area contributed by atoms with Gasteiger partial charge in [0.25, 0.3) is 0 Å². The van der Waals surface area contributed by atoms with Gasteiger partial charge in [0.1, 0.15) is 18.5 Å². The van der Waals surface area contributed by atoms with Crippen LogP contribution in [0.15, 0.2) is 48.5 Å². The van der Waals surface area contributed by atoms with E-state index < -0.39 is 0 Å². The minimum atomic E-state index is -0.176. The summed E-state index contributed by atoms with van der Waals surface area (Å²) in [6.07, 6.45) is 4.20. The quantitative estimate of drug-likeness (QED) is 0.400. The summed E-state index contributed by atoms with van der Waals surface area (Å²) in [5.74, 6) is 1.34. The zero-order valence-corrected chi connectivity index (χ0v) is 21.0. The van der Waals surface area contributed by atoms with E-state index >= 15 is 0 Å². The monoisotopic (exact) mass is 446 g/mol. The Balaban J connectivity index is 1.53. The predicted molar refractivity (Wildman–Crippen MR) is 135 cm³/mol. The average molecular weight is 447 g/mol. The number of benzene rings is 2. The van der Waals surface area contributed by atoms with Crippen LogP contribution < -0.4 is 0 Å². The molecule has 1 heterocycles. The highest BCUT2D eigenvalue weighted by atomic mass is 16.5. The van der Waals surface area contributed by atoms with E-state index in [1.54, 1.807) is 0 Å². The number of aromatic nitrogens is 2. The van der Waals surface area contributed by atoms with Gasteiger partial charge in [-0.25, -0.2) is 4.98 Å². The van der Waals surface area contributed by atoms with Crippen LogP contribution in [0.25, 0.3) is 22.4 Å². The topological polar surface area (TPSA) is 44.1 Å². The summed E-state index contributed by atoms with van der Waals surface area (Å²) in [5, 5.41) is 0. The molecule has 33 heavy (non-hydrogen) atoms. The van der Waals surface area contributed by atoms with Crippen molar-refractivity contribution in [2.24, 2.45) is 11.3 Å². The van der Waals surface area contributed by atoms with E-state index in [0.29, 0.717) is 11.3 Å². The molecule has 0 aliphatic heterocycles. The van der Waals surface area contributed by atoms with Crippen LogP contribution in [-0.2, 0) is 21.5 Å². The maximum Gasteiger partial charge on any atom is 0.326 e. The van der Waals surface area contributed by atoms with Gasteiger partial charge in [-0.15, -0.1) is 0 Å². The number of esters is 1. The van der Waals surface area contributed by atoms with Crippen molar-refractivity contribution in [1.82, 2.24) is 9.55 Å². The van der Waals surface area contributed by atoms with Crippen molar-refractivity contribution in [3.63, 3.8) is 0 Å². The van der Waals surface area contributed by atoms with Gasteiger partial charge in [-0.3, -0.25) is 4.79 Å². The highest BCUT2D eigenvalue weighted by Crippen LogP contribution is 2.38. The average Bonchev–Trinajstić information content (AvgIpc) is 3.11. The zero-order chi connectivity index (χ0) is 23.8. The van der Waals surface area contributed by atoms with Gasteiger partial charge in [0.15, 0.2) is 0 Å². The fourth-order valence-corrected chi connectivity index (χ4v) is 4.97. The molecule has 1 saturated carbocycles. The summed E-state index contributed by atoms with van der Waals surface area (Å²) < 4.78 is 7.95. The first-order chi connectivity index (χ1) is 15.5. The molecule has 1 fully saturated rings. The molecule has 2 aromatic carbocycles. The van der Waals surface area contributed by atoms with Crippen molar-refractivity contribution in [3.8, 4) is 11.4 Å². The predicted octanol–water partition coefficient (Wildman–Crippen LogP) is 7.15. The van der Waals surface area contributed by atoms with Crippen LogP contribution in [-0.4, -0.2) is 21.6 Å². The first-order valence-electron chi connectivity index (χ1n) is 12.3. The summed E-state index contributed by atoms with van der Waals surface area (Å²) in [6.45, 7) is 13.7. The molecule has 176 valence electrons. The van der Waals surface area contributed by atoms with Crippen LogP contribution in [0.5, 0.6) is 0 Å². The molecule has 1 aromatic heterocycles. The molecule has 0 radical (unpaired) electrons. The van der Waals surface area contributed by atoms with Crippen LogP contribution >= 0.6 is 0 Å². The fourth-order valence-electron chi connectivity index (χ4n) is 4.97. The van der Waals surface area contributed by atoms with Crippen LogP contribution in [0.1, 0.15) is 72.8 Å². The van der Waals surface area contributed by atoms with Gasteiger partial charge in [-0.05, 0) is 60.1 Å². The second-order valence-corrected chi connectivity index (χ2v) is 11.7. The molecule has 4 nitrogen and oxygen atoms in total. The molecule has 0 spiro atoms. The van der Waals surface area contributed by atoms with Gasteiger partial charge in [0, 0.05) is 5.56 Å². The number of para-hydroxylation sites is 2. The standard InChI is InChI=1S/C29H38N2O2/c1-28(2,3)21-13-11-20(12-14-21)27-30-24-9-7-8-10-25(24)31(27)19-26(32)33-23-17-15-22(16-18-23)29(4,5)6/h7-14,22-23H,15-19H2,1-6H3. The largest absolute Gasteiger partial charge is 0.461 e. The minimum Gasteiger partial charge on any atom is -0.461 e. The van der Waals surface area contributed by atoms with Gasteiger partial charge < -0.3 is 9.30 Å². The Bertz CT molecular complexity index is 1110. The first-order valence-corrected chi connectivity index (χ1v) is 12.3. The number of nitrogens with zero attached hydrogens (tertiary/aromatic N) is 2. The maximum atomic E-state index is 13.0. The number of carbonyl (C=O) groups excluding carboxylic acids is 1. The maximum absolute atomic E-state index is 13.0. The first kappa shape index (κ1) is 23.5. The van der Waals surface area contributed by atoms with Crippen molar-refractivity contribution in [1.29, 1.82) is 0 Å². The van der Waals surface area contributed by atoms with Crippen LogP contribution in [0.2, 0.25) is 0 Å².